The van der Waals surface area contributed by atoms with E-state index in [2.05, 4.69) is 10.2 Å². The zero-order chi connectivity index (χ0) is 29.8. The summed E-state index contributed by atoms with van der Waals surface area (Å²) in [6.45, 7) is 8.91. The van der Waals surface area contributed by atoms with Gasteiger partial charge in [-0.3, -0.25) is 4.79 Å². The predicted octanol–water partition coefficient (Wildman–Crippen LogP) is 4.51. The molecule has 2 aromatic carbocycles. The van der Waals surface area contributed by atoms with Crippen LogP contribution in [0, 0.1) is 0 Å². The van der Waals surface area contributed by atoms with Crippen LogP contribution in [0.5, 0.6) is 0 Å². The zero-order valence-electron chi connectivity index (χ0n) is 24.9. The highest BCUT2D eigenvalue weighted by molar-refractivity contribution is 5.92. The molecule has 0 unspecified atom stereocenters. The van der Waals surface area contributed by atoms with Crippen LogP contribution in [0.4, 0.5) is 15.3 Å². The van der Waals surface area contributed by atoms with E-state index in [0.29, 0.717) is 38.0 Å². The molecule has 0 saturated carbocycles. The Hall–Kier alpha value is -3.59. The fourth-order valence-corrected chi connectivity index (χ4v) is 5.08. The molecule has 0 aromatic heterocycles. The molecular formula is C32H45N4O5-. The number of likely N-dealkylation sites (N-methyl/N-ethyl adjacent to an activating group) is 1. The number of rotatable bonds is 12. The summed E-state index contributed by atoms with van der Waals surface area (Å²) in [5.74, 6) is 0.112. The standard InChI is InChI=1S/C32H46N4O5/c1-32(2,3)41-30(38)33-20-12-6-9-17-29(37)34(4)23-24-35-21-18-26(19-22-35)36(31(39)40)28-16-11-10-15-27(28)25-13-7-5-8-14-25/h5,7-8,10-11,13-16,26H,6,9,12,17-24H2,1-4H3,(H,33,38)(H,39,40)/p-1. The molecule has 1 aliphatic heterocycles. The molecule has 3 amide bonds. The number of likely N-dealkylation sites (tertiary alicyclic amines) is 1. The van der Waals surface area contributed by atoms with Crippen molar-refractivity contribution >= 4 is 23.8 Å². The molecule has 2 aromatic rings. The molecule has 1 heterocycles. The fraction of sp³-hybridized carbons (Fsp3) is 0.531. The second kappa shape index (κ2) is 15.4. The largest absolute Gasteiger partial charge is 0.530 e. The van der Waals surface area contributed by atoms with Gasteiger partial charge < -0.3 is 34.7 Å². The Morgan fingerprint density at radius 1 is 0.976 bits per heavy atom. The number of amides is 3. The van der Waals surface area contributed by atoms with E-state index in [1.54, 1.807) is 4.90 Å². The average molecular weight is 566 g/mol. The maximum Gasteiger partial charge on any atom is 0.407 e. The highest BCUT2D eigenvalue weighted by atomic mass is 16.6. The highest BCUT2D eigenvalue weighted by Gasteiger charge is 2.27. The summed E-state index contributed by atoms with van der Waals surface area (Å²) in [5.41, 5.74) is 1.99. The Balaban J connectivity index is 1.39. The molecule has 9 nitrogen and oxygen atoms in total. The number of nitrogens with zero attached hydrogens (tertiary/aromatic N) is 3. The van der Waals surface area contributed by atoms with Gasteiger partial charge in [0.25, 0.3) is 0 Å². The summed E-state index contributed by atoms with van der Waals surface area (Å²) in [7, 11) is 1.83. The Kier molecular flexibility index (Phi) is 12.0. The van der Waals surface area contributed by atoms with Gasteiger partial charge in [0.2, 0.25) is 5.91 Å². The Morgan fingerprint density at radius 3 is 2.29 bits per heavy atom. The number of nitrogens with one attached hydrogen (secondary N) is 1. The van der Waals surface area contributed by atoms with Gasteiger partial charge in [0.15, 0.2) is 0 Å². The minimum atomic E-state index is -1.18. The highest BCUT2D eigenvalue weighted by Crippen LogP contribution is 2.33. The number of unbranched alkanes of at least 4 members (excludes halogenated alkanes) is 2. The molecule has 0 radical (unpaired) electrons. The molecule has 41 heavy (non-hydrogen) atoms. The van der Waals surface area contributed by atoms with Crippen LogP contribution in [-0.2, 0) is 9.53 Å². The summed E-state index contributed by atoms with van der Waals surface area (Å²) < 4.78 is 5.21. The van der Waals surface area contributed by atoms with Crippen molar-refractivity contribution in [3.05, 3.63) is 54.6 Å². The minimum absolute atomic E-state index is 0.112. The number of para-hydroxylation sites is 1. The van der Waals surface area contributed by atoms with Crippen molar-refractivity contribution in [1.82, 2.24) is 15.1 Å². The summed E-state index contributed by atoms with van der Waals surface area (Å²) in [5, 5.41) is 15.1. The SMILES string of the molecule is CN(CCN1CCC(N(C(=O)[O-])c2ccccc2-c2ccccc2)CC1)C(=O)CCCCCNC(=O)OC(C)(C)C. The number of carbonyl (C=O) groups excluding carboxylic acids is 3. The number of carboxylic acid groups (broad SMARTS) is 1. The third kappa shape index (κ3) is 10.4. The van der Waals surface area contributed by atoms with Crippen LogP contribution >= 0.6 is 0 Å². The van der Waals surface area contributed by atoms with Crippen LogP contribution in [0.25, 0.3) is 11.1 Å². The number of carbonyl (C=O) groups is 3. The van der Waals surface area contributed by atoms with E-state index in [1.165, 1.54) is 4.90 Å². The van der Waals surface area contributed by atoms with Crippen molar-refractivity contribution in [3.8, 4) is 11.1 Å². The number of hydrogen-bond donors (Lipinski definition) is 1. The van der Waals surface area contributed by atoms with E-state index >= 15 is 0 Å². The minimum Gasteiger partial charge on any atom is -0.530 e. The number of benzene rings is 2. The summed E-state index contributed by atoms with van der Waals surface area (Å²) >= 11 is 0. The number of hydrogen-bond acceptors (Lipinski definition) is 6. The Bertz CT molecular complexity index is 1130. The van der Waals surface area contributed by atoms with Gasteiger partial charge in [0.05, 0.1) is 5.69 Å². The van der Waals surface area contributed by atoms with E-state index in [1.807, 2.05) is 82.4 Å². The molecule has 224 valence electrons. The van der Waals surface area contributed by atoms with Crippen molar-refractivity contribution in [2.75, 3.05) is 44.7 Å². The predicted molar refractivity (Wildman–Crippen MR) is 160 cm³/mol. The van der Waals surface area contributed by atoms with Crippen molar-refractivity contribution < 1.29 is 24.2 Å². The van der Waals surface area contributed by atoms with Crippen molar-refractivity contribution in [2.45, 2.75) is 70.9 Å². The molecule has 9 heteroatoms. The topological polar surface area (TPSA) is 105 Å². The van der Waals surface area contributed by atoms with Gasteiger partial charge >= 0.3 is 6.09 Å². The second-order valence-corrected chi connectivity index (χ2v) is 11.6. The molecule has 0 atom stereocenters. The van der Waals surface area contributed by atoms with Crippen LogP contribution in [0.2, 0.25) is 0 Å². The number of anilines is 1. The van der Waals surface area contributed by atoms with Gasteiger partial charge in [-0.15, -0.1) is 0 Å². The lowest BCUT2D eigenvalue weighted by atomic mass is 9.98. The van der Waals surface area contributed by atoms with Crippen LogP contribution in [-0.4, -0.2) is 79.3 Å². The Morgan fingerprint density at radius 2 is 1.63 bits per heavy atom. The summed E-state index contributed by atoms with van der Waals surface area (Å²) in [6, 6.07) is 17.2. The van der Waals surface area contributed by atoms with Gasteiger partial charge in [0.1, 0.15) is 11.7 Å². The number of alkyl carbamates (subject to hydrolysis) is 1. The fourth-order valence-electron chi connectivity index (χ4n) is 5.08. The second-order valence-electron chi connectivity index (χ2n) is 11.6. The van der Waals surface area contributed by atoms with E-state index in [9.17, 15) is 19.5 Å². The average Bonchev–Trinajstić information content (AvgIpc) is 2.94. The molecule has 3 rings (SSSR count). The lowest BCUT2D eigenvalue weighted by molar-refractivity contribution is -0.247. The van der Waals surface area contributed by atoms with Gasteiger partial charge in [-0.1, -0.05) is 55.0 Å². The first-order valence-corrected chi connectivity index (χ1v) is 14.6. The monoisotopic (exact) mass is 565 g/mol. The smallest absolute Gasteiger partial charge is 0.407 e. The van der Waals surface area contributed by atoms with Crippen LogP contribution < -0.4 is 15.3 Å². The Labute approximate surface area is 244 Å². The lowest BCUT2D eigenvalue weighted by Gasteiger charge is -2.41. The molecule has 1 N–H and O–H groups in total. The molecule has 0 spiro atoms. The van der Waals surface area contributed by atoms with Gasteiger partial charge in [0, 0.05) is 57.8 Å². The first kappa shape index (κ1) is 31.9. The number of piperidine rings is 1. The summed E-state index contributed by atoms with van der Waals surface area (Å²) in [4.78, 5) is 42.1. The van der Waals surface area contributed by atoms with Gasteiger partial charge in [-0.25, -0.2) is 4.79 Å². The van der Waals surface area contributed by atoms with E-state index in [4.69, 9.17) is 4.74 Å². The van der Waals surface area contributed by atoms with E-state index in [-0.39, 0.29) is 11.9 Å². The van der Waals surface area contributed by atoms with Crippen LogP contribution in [0.15, 0.2) is 54.6 Å². The molecule has 1 saturated heterocycles. The van der Waals surface area contributed by atoms with Gasteiger partial charge in [-0.2, -0.15) is 0 Å². The van der Waals surface area contributed by atoms with Crippen molar-refractivity contribution in [1.29, 1.82) is 0 Å². The molecular weight excluding hydrogens is 520 g/mol. The van der Waals surface area contributed by atoms with E-state index < -0.39 is 17.8 Å². The van der Waals surface area contributed by atoms with Crippen molar-refractivity contribution in [3.63, 3.8) is 0 Å². The molecule has 0 bridgehead atoms. The van der Waals surface area contributed by atoms with Crippen LogP contribution in [0.3, 0.4) is 0 Å². The number of ether oxygens (including phenoxy) is 1. The van der Waals surface area contributed by atoms with Crippen molar-refractivity contribution in [2.24, 2.45) is 0 Å². The third-order valence-electron chi connectivity index (χ3n) is 7.28. The maximum atomic E-state index is 12.6. The quantitative estimate of drug-likeness (QED) is 0.380. The van der Waals surface area contributed by atoms with Crippen LogP contribution in [0.1, 0.15) is 59.3 Å². The maximum absolute atomic E-state index is 12.6. The molecule has 0 aliphatic carbocycles. The van der Waals surface area contributed by atoms with E-state index in [0.717, 1.165) is 50.0 Å². The third-order valence-corrected chi connectivity index (χ3v) is 7.28. The normalized spacial score (nSPS) is 14.3. The molecule has 1 fully saturated rings. The first-order chi connectivity index (χ1) is 19.5. The summed E-state index contributed by atoms with van der Waals surface area (Å²) in [6.07, 6.45) is 2.70. The zero-order valence-corrected chi connectivity index (χ0v) is 24.9. The molecule has 1 aliphatic rings. The first-order valence-electron chi connectivity index (χ1n) is 14.6. The lowest BCUT2D eigenvalue weighted by Crippen LogP contribution is -2.52. The van der Waals surface area contributed by atoms with Gasteiger partial charge in [-0.05, 0) is 58.1 Å².